The van der Waals surface area contributed by atoms with Crippen LogP contribution < -0.4 is 0 Å². The van der Waals surface area contributed by atoms with Crippen molar-refractivity contribution in [3.63, 3.8) is 0 Å². The number of rotatable bonds is 3. The number of benzene rings is 2. The Bertz CT molecular complexity index is 1150. The number of sulfone groups is 1. The molecule has 1 heterocycles. The highest BCUT2D eigenvalue weighted by Gasteiger charge is 2.33. The smallest absolute Gasteiger partial charge is 0.200 e. The van der Waals surface area contributed by atoms with E-state index in [1.807, 2.05) is 0 Å². The van der Waals surface area contributed by atoms with Crippen LogP contribution in [-0.4, -0.2) is 18.4 Å². The SMILES string of the molecule is N#Cc1nc2ccccc2nc1C(C#N)S(=O)(=O)c1ccc(F)cc1. The van der Waals surface area contributed by atoms with E-state index in [-0.39, 0.29) is 16.3 Å². The van der Waals surface area contributed by atoms with Gasteiger partial charge in [0.1, 0.15) is 17.6 Å². The molecule has 1 aromatic heterocycles. The second-order valence-corrected chi connectivity index (χ2v) is 7.10. The lowest BCUT2D eigenvalue weighted by Gasteiger charge is -2.12. The van der Waals surface area contributed by atoms with Crippen LogP contribution in [0.4, 0.5) is 4.39 Å². The number of aromatic nitrogens is 2. The zero-order valence-electron chi connectivity index (χ0n) is 12.6. The number of halogens is 1. The molecule has 122 valence electrons. The first-order valence-corrected chi connectivity index (χ1v) is 8.58. The summed E-state index contributed by atoms with van der Waals surface area (Å²) in [6.45, 7) is 0. The molecule has 2 aromatic carbocycles. The third kappa shape index (κ3) is 2.91. The lowest BCUT2D eigenvalue weighted by molar-refractivity contribution is 0.589. The van der Waals surface area contributed by atoms with E-state index in [0.717, 1.165) is 24.3 Å². The summed E-state index contributed by atoms with van der Waals surface area (Å²) in [6, 6.07) is 14.2. The van der Waals surface area contributed by atoms with Crippen molar-refractivity contribution in [2.45, 2.75) is 10.1 Å². The normalized spacial score (nSPS) is 12.3. The standard InChI is InChI=1S/C17H9FN4O2S/c18-11-5-7-12(8-6-11)25(23,24)16(10-20)17-15(9-19)21-13-3-1-2-4-14(13)22-17/h1-8,16H. The second kappa shape index (κ2) is 6.27. The van der Waals surface area contributed by atoms with E-state index in [9.17, 15) is 23.3 Å². The molecule has 0 aliphatic heterocycles. The minimum atomic E-state index is -4.20. The molecule has 0 aliphatic carbocycles. The Morgan fingerprint density at radius 3 is 2.12 bits per heavy atom. The molecule has 25 heavy (non-hydrogen) atoms. The van der Waals surface area contributed by atoms with Crippen LogP contribution in [0.5, 0.6) is 0 Å². The Balaban J connectivity index is 2.22. The van der Waals surface area contributed by atoms with Gasteiger partial charge in [-0.25, -0.2) is 22.8 Å². The Morgan fingerprint density at radius 1 is 0.960 bits per heavy atom. The lowest BCUT2D eigenvalue weighted by atomic mass is 10.2. The zero-order valence-corrected chi connectivity index (χ0v) is 13.4. The molecule has 1 unspecified atom stereocenters. The van der Waals surface area contributed by atoms with E-state index in [1.165, 1.54) is 0 Å². The first kappa shape index (κ1) is 16.5. The fourth-order valence-corrected chi connectivity index (χ4v) is 3.70. The van der Waals surface area contributed by atoms with Crippen molar-refractivity contribution in [3.8, 4) is 12.1 Å². The van der Waals surface area contributed by atoms with Gasteiger partial charge in [0, 0.05) is 0 Å². The van der Waals surface area contributed by atoms with Gasteiger partial charge < -0.3 is 0 Å². The first-order valence-electron chi connectivity index (χ1n) is 7.03. The number of nitriles is 2. The van der Waals surface area contributed by atoms with Crippen LogP contribution in [0.1, 0.15) is 16.6 Å². The molecule has 0 bridgehead atoms. The monoisotopic (exact) mass is 352 g/mol. The largest absolute Gasteiger partial charge is 0.246 e. The lowest BCUT2D eigenvalue weighted by Crippen LogP contribution is -2.16. The van der Waals surface area contributed by atoms with Crippen molar-refractivity contribution < 1.29 is 12.8 Å². The Labute approximate surface area is 142 Å². The van der Waals surface area contributed by atoms with E-state index in [2.05, 4.69) is 9.97 Å². The highest BCUT2D eigenvalue weighted by molar-refractivity contribution is 7.92. The Hall–Kier alpha value is -3.36. The Kier molecular flexibility index (Phi) is 4.14. The minimum Gasteiger partial charge on any atom is -0.246 e. The van der Waals surface area contributed by atoms with E-state index < -0.39 is 20.9 Å². The number of nitrogens with zero attached hydrogens (tertiary/aromatic N) is 4. The van der Waals surface area contributed by atoms with Crippen molar-refractivity contribution in [1.29, 1.82) is 10.5 Å². The fourth-order valence-electron chi connectivity index (χ4n) is 2.32. The predicted octanol–water partition coefficient (Wildman–Crippen LogP) is 2.68. The molecule has 0 amide bonds. The van der Waals surface area contributed by atoms with Crippen LogP contribution in [0.2, 0.25) is 0 Å². The molecule has 0 saturated heterocycles. The van der Waals surface area contributed by atoms with Crippen LogP contribution in [-0.2, 0) is 9.84 Å². The van der Waals surface area contributed by atoms with Gasteiger partial charge in [0.05, 0.1) is 22.0 Å². The van der Waals surface area contributed by atoms with Gasteiger partial charge in [-0.1, -0.05) is 12.1 Å². The van der Waals surface area contributed by atoms with E-state index in [4.69, 9.17) is 0 Å². The highest BCUT2D eigenvalue weighted by atomic mass is 32.2. The third-order valence-electron chi connectivity index (χ3n) is 3.52. The molecule has 0 fully saturated rings. The molecule has 0 N–H and O–H groups in total. The second-order valence-electron chi connectivity index (χ2n) is 5.07. The van der Waals surface area contributed by atoms with Crippen LogP contribution in [0.3, 0.4) is 0 Å². The molecule has 0 aliphatic rings. The number of para-hydroxylation sites is 2. The van der Waals surface area contributed by atoms with E-state index >= 15 is 0 Å². The van der Waals surface area contributed by atoms with Gasteiger partial charge in [-0.3, -0.25) is 0 Å². The van der Waals surface area contributed by atoms with Crippen LogP contribution in [0.15, 0.2) is 53.4 Å². The van der Waals surface area contributed by atoms with Crippen LogP contribution >= 0.6 is 0 Å². The minimum absolute atomic E-state index is 0.237. The van der Waals surface area contributed by atoms with Gasteiger partial charge in [0.15, 0.2) is 10.9 Å². The average molecular weight is 352 g/mol. The van der Waals surface area contributed by atoms with Crippen LogP contribution in [0, 0.1) is 28.5 Å². The van der Waals surface area contributed by atoms with Crippen molar-refractivity contribution in [2.75, 3.05) is 0 Å². The van der Waals surface area contributed by atoms with Gasteiger partial charge in [-0.2, -0.15) is 10.5 Å². The van der Waals surface area contributed by atoms with Crippen molar-refractivity contribution in [3.05, 3.63) is 65.7 Å². The summed E-state index contributed by atoms with van der Waals surface area (Å²) in [5.74, 6) is -0.601. The maximum absolute atomic E-state index is 13.0. The summed E-state index contributed by atoms with van der Waals surface area (Å²) in [7, 11) is -4.20. The maximum atomic E-state index is 13.0. The summed E-state index contributed by atoms with van der Waals surface area (Å²) in [5, 5.41) is 17.0. The summed E-state index contributed by atoms with van der Waals surface area (Å²) in [6.07, 6.45) is 0. The number of fused-ring (bicyclic) bond motifs is 1. The maximum Gasteiger partial charge on any atom is 0.200 e. The molecule has 0 saturated carbocycles. The predicted molar refractivity (Wildman–Crippen MR) is 86.2 cm³/mol. The Morgan fingerprint density at radius 2 is 1.56 bits per heavy atom. The molecule has 6 nitrogen and oxygen atoms in total. The summed E-state index contributed by atoms with van der Waals surface area (Å²) in [5.41, 5.74) is 0.300. The first-order chi connectivity index (χ1) is 12.0. The zero-order chi connectivity index (χ0) is 18.0. The fraction of sp³-hybridized carbons (Fsp3) is 0.0588. The van der Waals surface area contributed by atoms with Gasteiger partial charge in [0.2, 0.25) is 9.84 Å². The van der Waals surface area contributed by atoms with Crippen molar-refractivity contribution in [1.82, 2.24) is 9.97 Å². The van der Waals surface area contributed by atoms with E-state index in [1.54, 1.807) is 36.4 Å². The van der Waals surface area contributed by atoms with Gasteiger partial charge in [-0.05, 0) is 36.4 Å². The molecule has 0 radical (unpaired) electrons. The molecular formula is C17H9FN4O2S. The molecular weight excluding hydrogens is 343 g/mol. The van der Waals surface area contributed by atoms with Gasteiger partial charge in [-0.15, -0.1) is 0 Å². The number of hydrogen-bond acceptors (Lipinski definition) is 6. The van der Waals surface area contributed by atoms with E-state index in [0.29, 0.717) is 11.0 Å². The molecule has 1 atom stereocenters. The van der Waals surface area contributed by atoms with Crippen LogP contribution in [0.25, 0.3) is 11.0 Å². The summed E-state index contributed by atoms with van der Waals surface area (Å²) >= 11 is 0. The third-order valence-corrected chi connectivity index (χ3v) is 5.40. The van der Waals surface area contributed by atoms with Crippen molar-refractivity contribution >= 4 is 20.9 Å². The molecule has 8 heteroatoms. The molecule has 3 aromatic rings. The summed E-state index contributed by atoms with van der Waals surface area (Å²) < 4.78 is 38.6. The summed E-state index contributed by atoms with van der Waals surface area (Å²) in [4.78, 5) is 8.01. The van der Waals surface area contributed by atoms with Crippen molar-refractivity contribution in [2.24, 2.45) is 0 Å². The molecule has 0 spiro atoms. The van der Waals surface area contributed by atoms with Gasteiger partial charge >= 0.3 is 0 Å². The number of hydrogen-bond donors (Lipinski definition) is 0. The highest BCUT2D eigenvalue weighted by Crippen LogP contribution is 2.30. The average Bonchev–Trinajstić information content (AvgIpc) is 2.62. The topological polar surface area (TPSA) is 108 Å². The molecule has 3 rings (SSSR count). The van der Waals surface area contributed by atoms with Gasteiger partial charge in [0.25, 0.3) is 0 Å². The quantitative estimate of drug-likeness (QED) is 0.671.